The predicted octanol–water partition coefficient (Wildman–Crippen LogP) is 0.744. The molecule has 0 bridgehead atoms. The molecule has 0 saturated carbocycles. The fourth-order valence-electron chi connectivity index (χ4n) is 0.987. The van der Waals surface area contributed by atoms with Crippen LogP contribution in [0.4, 0.5) is 0 Å². The summed E-state index contributed by atoms with van der Waals surface area (Å²) in [5.74, 6) is 0.299. The average molecular weight is 213 g/mol. The number of nitrogens with one attached hydrogen (secondary N) is 1. The zero-order valence-electron chi connectivity index (χ0n) is 8.19. The third-order valence-electron chi connectivity index (χ3n) is 1.88. The summed E-state index contributed by atoms with van der Waals surface area (Å²) in [5.41, 5.74) is 7.18. The minimum absolute atomic E-state index is 0.0522. The van der Waals surface area contributed by atoms with E-state index in [1.54, 1.807) is 11.7 Å². The van der Waals surface area contributed by atoms with Crippen LogP contribution in [0.15, 0.2) is 11.7 Å². The Morgan fingerprint density at radius 1 is 1.79 bits per heavy atom. The lowest BCUT2D eigenvalue weighted by Crippen LogP contribution is -2.26. The first-order chi connectivity index (χ1) is 6.72. The highest BCUT2D eigenvalue weighted by Gasteiger charge is 2.06. The molecule has 1 atom stereocenters. The highest BCUT2D eigenvalue weighted by Crippen LogP contribution is 2.05. The van der Waals surface area contributed by atoms with Crippen molar-refractivity contribution < 1.29 is 4.79 Å². The number of hydrogen-bond donors (Lipinski definition) is 2. The first kappa shape index (κ1) is 11.1. The van der Waals surface area contributed by atoms with Gasteiger partial charge in [0.25, 0.3) is 0 Å². The predicted molar refractivity (Wildman–Crippen MR) is 56.8 cm³/mol. The molecule has 1 aromatic heterocycles. The summed E-state index contributed by atoms with van der Waals surface area (Å²) in [4.78, 5) is 16.3. The highest BCUT2D eigenvalue weighted by atomic mass is 32.1. The van der Waals surface area contributed by atoms with Gasteiger partial charge in [0.15, 0.2) is 0 Å². The molecule has 5 heteroatoms. The summed E-state index contributed by atoms with van der Waals surface area (Å²) in [5, 5.41) is 2.83. The third kappa shape index (κ3) is 3.85. The van der Waals surface area contributed by atoms with Gasteiger partial charge in [-0.25, -0.2) is 0 Å². The van der Waals surface area contributed by atoms with Crippen LogP contribution in [0.3, 0.4) is 0 Å². The van der Waals surface area contributed by atoms with E-state index < -0.39 is 0 Å². The van der Waals surface area contributed by atoms with Gasteiger partial charge in [0.2, 0.25) is 5.91 Å². The standard InChI is InChI=1S/C9H15N3OS/c1-7(3-10)2-9(13)12-5-8-4-11-6-14-8/h4,6-7H,2-3,5,10H2,1H3,(H,12,13). The molecule has 0 saturated heterocycles. The maximum absolute atomic E-state index is 11.3. The smallest absolute Gasteiger partial charge is 0.220 e. The fourth-order valence-corrected chi connectivity index (χ4v) is 1.52. The van der Waals surface area contributed by atoms with Gasteiger partial charge in [-0.3, -0.25) is 9.78 Å². The number of carbonyl (C=O) groups excluding carboxylic acids is 1. The van der Waals surface area contributed by atoms with E-state index >= 15 is 0 Å². The quantitative estimate of drug-likeness (QED) is 0.758. The van der Waals surface area contributed by atoms with E-state index in [2.05, 4.69) is 10.3 Å². The summed E-state index contributed by atoms with van der Waals surface area (Å²) in [6.45, 7) is 3.08. The molecule has 14 heavy (non-hydrogen) atoms. The Morgan fingerprint density at radius 3 is 3.14 bits per heavy atom. The van der Waals surface area contributed by atoms with Crippen LogP contribution < -0.4 is 11.1 Å². The number of amides is 1. The van der Waals surface area contributed by atoms with Crippen LogP contribution in [0, 0.1) is 5.92 Å². The van der Waals surface area contributed by atoms with E-state index in [4.69, 9.17) is 5.73 Å². The topological polar surface area (TPSA) is 68.0 Å². The zero-order chi connectivity index (χ0) is 10.4. The molecule has 1 unspecified atom stereocenters. The lowest BCUT2D eigenvalue weighted by molar-refractivity contribution is -0.122. The van der Waals surface area contributed by atoms with Gasteiger partial charge in [0.05, 0.1) is 12.1 Å². The molecule has 0 radical (unpaired) electrons. The summed E-state index contributed by atoms with van der Waals surface area (Å²) in [7, 11) is 0. The highest BCUT2D eigenvalue weighted by molar-refractivity contribution is 7.09. The third-order valence-corrected chi connectivity index (χ3v) is 2.66. The van der Waals surface area contributed by atoms with Crippen molar-refractivity contribution in [1.29, 1.82) is 0 Å². The van der Waals surface area contributed by atoms with Gasteiger partial charge < -0.3 is 11.1 Å². The molecule has 0 aliphatic carbocycles. The van der Waals surface area contributed by atoms with E-state index in [1.165, 1.54) is 11.3 Å². The molecule has 0 aliphatic rings. The van der Waals surface area contributed by atoms with Gasteiger partial charge >= 0.3 is 0 Å². The van der Waals surface area contributed by atoms with Gasteiger partial charge in [-0.2, -0.15) is 0 Å². The Hall–Kier alpha value is -0.940. The van der Waals surface area contributed by atoms with E-state index in [0.29, 0.717) is 19.5 Å². The van der Waals surface area contributed by atoms with Crippen LogP contribution in [-0.4, -0.2) is 17.4 Å². The second-order valence-corrected chi connectivity index (χ2v) is 4.26. The van der Waals surface area contributed by atoms with Gasteiger partial charge in [-0.15, -0.1) is 11.3 Å². The lowest BCUT2D eigenvalue weighted by atomic mass is 10.1. The zero-order valence-corrected chi connectivity index (χ0v) is 9.01. The minimum Gasteiger partial charge on any atom is -0.351 e. The summed E-state index contributed by atoms with van der Waals surface area (Å²) in [6, 6.07) is 0. The molecule has 1 rings (SSSR count). The van der Waals surface area contributed by atoms with Crippen molar-refractivity contribution in [2.45, 2.75) is 19.9 Å². The second kappa shape index (κ2) is 5.72. The number of thiazole rings is 1. The lowest BCUT2D eigenvalue weighted by Gasteiger charge is -2.07. The Morgan fingerprint density at radius 2 is 2.57 bits per heavy atom. The number of carbonyl (C=O) groups is 1. The van der Waals surface area contributed by atoms with Crippen molar-refractivity contribution in [2.75, 3.05) is 6.54 Å². The largest absolute Gasteiger partial charge is 0.351 e. The molecule has 0 fully saturated rings. The van der Waals surface area contributed by atoms with E-state index in [0.717, 1.165) is 4.88 Å². The molecular formula is C9H15N3OS. The fraction of sp³-hybridized carbons (Fsp3) is 0.556. The molecule has 1 heterocycles. The maximum atomic E-state index is 11.3. The molecule has 3 N–H and O–H groups in total. The summed E-state index contributed by atoms with van der Waals surface area (Å²) in [6.07, 6.45) is 2.26. The summed E-state index contributed by atoms with van der Waals surface area (Å²) >= 11 is 1.54. The number of nitrogens with two attached hydrogens (primary N) is 1. The van der Waals surface area contributed by atoms with E-state index in [9.17, 15) is 4.79 Å². The van der Waals surface area contributed by atoms with Crippen molar-refractivity contribution in [3.63, 3.8) is 0 Å². The number of aromatic nitrogens is 1. The molecular weight excluding hydrogens is 198 g/mol. The molecule has 1 aromatic rings. The average Bonchev–Trinajstić information content (AvgIpc) is 2.67. The second-order valence-electron chi connectivity index (χ2n) is 3.29. The molecule has 78 valence electrons. The Labute approximate surface area is 87.5 Å². The van der Waals surface area contributed by atoms with E-state index in [1.807, 2.05) is 6.92 Å². The first-order valence-corrected chi connectivity index (χ1v) is 5.44. The maximum Gasteiger partial charge on any atom is 0.220 e. The monoisotopic (exact) mass is 213 g/mol. The number of rotatable bonds is 5. The normalized spacial score (nSPS) is 12.4. The Kier molecular flexibility index (Phi) is 4.55. The van der Waals surface area contributed by atoms with Crippen LogP contribution in [0.25, 0.3) is 0 Å². The Bertz CT molecular complexity index is 274. The molecule has 0 aromatic carbocycles. The van der Waals surface area contributed by atoms with Crippen LogP contribution in [0.2, 0.25) is 0 Å². The van der Waals surface area contributed by atoms with Crippen LogP contribution in [0.5, 0.6) is 0 Å². The molecule has 0 spiro atoms. The first-order valence-electron chi connectivity index (χ1n) is 4.56. The minimum atomic E-state index is 0.0522. The van der Waals surface area contributed by atoms with Crippen molar-refractivity contribution in [2.24, 2.45) is 11.7 Å². The van der Waals surface area contributed by atoms with E-state index in [-0.39, 0.29) is 11.8 Å². The van der Waals surface area contributed by atoms with Gasteiger partial charge in [0.1, 0.15) is 0 Å². The molecule has 0 aliphatic heterocycles. The summed E-state index contributed by atoms with van der Waals surface area (Å²) < 4.78 is 0. The van der Waals surface area contributed by atoms with Gasteiger partial charge in [-0.05, 0) is 12.5 Å². The van der Waals surface area contributed by atoms with Crippen LogP contribution in [-0.2, 0) is 11.3 Å². The van der Waals surface area contributed by atoms with Gasteiger partial charge in [0, 0.05) is 17.5 Å². The number of nitrogens with zero attached hydrogens (tertiary/aromatic N) is 1. The van der Waals surface area contributed by atoms with Crippen molar-refractivity contribution in [1.82, 2.24) is 10.3 Å². The SMILES string of the molecule is CC(CN)CC(=O)NCc1cncs1. The van der Waals surface area contributed by atoms with Crippen molar-refractivity contribution in [3.05, 3.63) is 16.6 Å². The number of hydrogen-bond acceptors (Lipinski definition) is 4. The van der Waals surface area contributed by atoms with Crippen LogP contribution in [0.1, 0.15) is 18.2 Å². The molecule has 4 nitrogen and oxygen atoms in total. The van der Waals surface area contributed by atoms with Crippen molar-refractivity contribution >= 4 is 17.2 Å². The van der Waals surface area contributed by atoms with Crippen LogP contribution >= 0.6 is 11.3 Å². The van der Waals surface area contributed by atoms with Gasteiger partial charge in [-0.1, -0.05) is 6.92 Å². The Balaban J connectivity index is 2.22. The van der Waals surface area contributed by atoms with Crippen molar-refractivity contribution in [3.8, 4) is 0 Å². The molecule has 1 amide bonds.